The normalized spacial score (nSPS) is 22.4. The molecule has 5 heteroatoms. The summed E-state index contributed by atoms with van der Waals surface area (Å²) < 4.78 is 24.7. The molecule has 1 N–H and O–H groups in total. The zero-order valence-corrected chi connectivity index (χ0v) is 13.4. The maximum absolute atomic E-state index is 12.4. The Kier molecular flexibility index (Phi) is 4.22. The van der Waals surface area contributed by atoms with Crippen LogP contribution >= 0.6 is 0 Å². The number of nitrogens with one attached hydrogen (secondary N) is 1. The van der Waals surface area contributed by atoms with Crippen molar-refractivity contribution in [1.82, 2.24) is 5.32 Å². The van der Waals surface area contributed by atoms with Crippen molar-refractivity contribution in [2.75, 3.05) is 23.7 Å². The second-order valence-electron chi connectivity index (χ2n) is 6.05. The number of benzene rings is 1. The molecule has 0 radical (unpaired) electrons. The van der Waals surface area contributed by atoms with E-state index in [1.807, 2.05) is 18.2 Å². The molecule has 1 atom stereocenters. The molecule has 21 heavy (non-hydrogen) atoms. The second-order valence-corrected chi connectivity index (χ2v) is 8.29. The molecule has 1 saturated heterocycles. The maximum atomic E-state index is 12.4. The highest BCUT2D eigenvalue weighted by atomic mass is 32.2. The van der Waals surface area contributed by atoms with Gasteiger partial charge in [-0.1, -0.05) is 19.1 Å². The zero-order valence-electron chi connectivity index (χ0n) is 12.6. The van der Waals surface area contributed by atoms with Gasteiger partial charge in [-0.3, -0.25) is 0 Å². The van der Waals surface area contributed by atoms with Gasteiger partial charge in [-0.2, -0.15) is 0 Å². The molecule has 1 unspecified atom stereocenters. The molecule has 2 aliphatic rings. The highest BCUT2D eigenvalue weighted by molar-refractivity contribution is 7.91. The van der Waals surface area contributed by atoms with Gasteiger partial charge in [0.1, 0.15) is 0 Å². The predicted octanol–water partition coefficient (Wildman–Crippen LogP) is 2.20. The second kappa shape index (κ2) is 5.97. The lowest BCUT2D eigenvalue weighted by Crippen LogP contribution is -2.39. The quantitative estimate of drug-likeness (QED) is 0.875. The summed E-state index contributed by atoms with van der Waals surface area (Å²) in [7, 11) is -3.18. The predicted molar refractivity (Wildman–Crippen MR) is 85.6 cm³/mol. The van der Waals surface area contributed by atoms with Crippen LogP contribution in [0.25, 0.3) is 0 Å². The van der Waals surface area contributed by atoms with Crippen LogP contribution in [-0.2, 0) is 9.84 Å². The fourth-order valence-electron chi connectivity index (χ4n) is 3.09. The smallest absolute Gasteiger partial charge is 0.180 e. The van der Waals surface area contributed by atoms with Crippen molar-refractivity contribution < 1.29 is 8.42 Å². The summed E-state index contributed by atoms with van der Waals surface area (Å²) in [5.74, 6) is 0.157. The molecule has 0 amide bonds. The largest absolute Gasteiger partial charge is 0.366 e. The maximum Gasteiger partial charge on any atom is 0.180 e. The van der Waals surface area contributed by atoms with Gasteiger partial charge in [0.05, 0.1) is 16.3 Å². The Bertz CT molecular complexity index is 590. The van der Waals surface area contributed by atoms with E-state index in [1.165, 1.54) is 25.7 Å². The Labute approximate surface area is 127 Å². The zero-order chi connectivity index (χ0) is 14.9. The monoisotopic (exact) mass is 308 g/mol. The summed E-state index contributed by atoms with van der Waals surface area (Å²) in [6.07, 6.45) is 4.75. The summed E-state index contributed by atoms with van der Waals surface area (Å²) in [6, 6.07) is 8.50. The fourth-order valence-corrected chi connectivity index (χ4v) is 4.19. The van der Waals surface area contributed by atoms with Gasteiger partial charge in [-0.05, 0) is 44.4 Å². The molecule has 1 aliphatic carbocycles. The van der Waals surface area contributed by atoms with E-state index in [1.54, 1.807) is 13.0 Å². The number of hydrogen-bond acceptors (Lipinski definition) is 4. The number of nitrogens with zero attached hydrogens (tertiary/aromatic N) is 1. The van der Waals surface area contributed by atoms with E-state index in [4.69, 9.17) is 0 Å². The number of hydrogen-bond donors (Lipinski definition) is 1. The Hall–Kier alpha value is -1.07. The highest BCUT2D eigenvalue weighted by Gasteiger charge is 2.34. The molecule has 2 fully saturated rings. The van der Waals surface area contributed by atoms with Gasteiger partial charge >= 0.3 is 0 Å². The molecule has 0 aromatic heterocycles. The Balaban J connectivity index is 1.92. The van der Waals surface area contributed by atoms with Crippen molar-refractivity contribution in [3.8, 4) is 0 Å². The van der Waals surface area contributed by atoms with Crippen LogP contribution in [0.5, 0.6) is 0 Å². The van der Waals surface area contributed by atoms with Crippen LogP contribution in [0.15, 0.2) is 29.2 Å². The third-order valence-corrected chi connectivity index (χ3v) is 6.23. The van der Waals surface area contributed by atoms with E-state index >= 15 is 0 Å². The topological polar surface area (TPSA) is 49.4 Å². The Morgan fingerprint density at radius 2 is 2.00 bits per heavy atom. The minimum Gasteiger partial charge on any atom is -0.366 e. The lowest BCUT2D eigenvalue weighted by Gasteiger charge is -2.29. The van der Waals surface area contributed by atoms with E-state index in [2.05, 4.69) is 10.2 Å². The van der Waals surface area contributed by atoms with Crippen LogP contribution in [-0.4, -0.2) is 39.3 Å². The summed E-state index contributed by atoms with van der Waals surface area (Å²) in [5, 5.41) is 3.52. The standard InChI is InChI=1S/C16H24N2O2S/c1-2-21(19,20)16-8-4-3-7-15(16)18(14-9-10-14)12-13-6-5-11-17-13/h3-4,7-8,13-14,17H,2,5-6,9-12H2,1H3. The fraction of sp³-hybridized carbons (Fsp3) is 0.625. The Morgan fingerprint density at radius 3 is 2.62 bits per heavy atom. The average Bonchev–Trinajstić information content (AvgIpc) is 3.21. The summed E-state index contributed by atoms with van der Waals surface area (Å²) >= 11 is 0. The molecule has 1 heterocycles. The van der Waals surface area contributed by atoms with E-state index in [-0.39, 0.29) is 5.75 Å². The summed E-state index contributed by atoms with van der Waals surface area (Å²) in [6.45, 7) is 3.71. The van der Waals surface area contributed by atoms with Gasteiger partial charge in [-0.15, -0.1) is 0 Å². The SMILES string of the molecule is CCS(=O)(=O)c1ccccc1N(CC1CCCN1)C1CC1. The molecule has 1 aromatic carbocycles. The van der Waals surface area contributed by atoms with Crippen LogP contribution in [0.2, 0.25) is 0 Å². The van der Waals surface area contributed by atoms with Gasteiger partial charge in [0.2, 0.25) is 0 Å². The molecule has 4 nitrogen and oxygen atoms in total. The first kappa shape index (κ1) is 14.9. The number of anilines is 1. The Morgan fingerprint density at radius 1 is 1.24 bits per heavy atom. The number of rotatable bonds is 6. The van der Waals surface area contributed by atoms with Crippen molar-refractivity contribution in [3.05, 3.63) is 24.3 Å². The molecule has 0 spiro atoms. The van der Waals surface area contributed by atoms with Crippen LogP contribution in [0.1, 0.15) is 32.6 Å². The molecule has 116 valence electrons. The van der Waals surface area contributed by atoms with Crippen molar-refractivity contribution in [2.24, 2.45) is 0 Å². The molecule has 0 bridgehead atoms. The first-order valence-corrected chi connectivity index (χ1v) is 9.59. The third-order valence-electron chi connectivity index (χ3n) is 4.46. The van der Waals surface area contributed by atoms with Gasteiger partial charge < -0.3 is 10.2 Å². The number of sulfone groups is 1. The van der Waals surface area contributed by atoms with Crippen molar-refractivity contribution in [1.29, 1.82) is 0 Å². The van der Waals surface area contributed by atoms with Crippen molar-refractivity contribution >= 4 is 15.5 Å². The highest BCUT2D eigenvalue weighted by Crippen LogP contribution is 2.36. The van der Waals surface area contributed by atoms with E-state index < -0.39 is 9.84 Å². The lowest BCUT2D eigenvalue weighted by molar-refractivity contribution is 0.573. The van der Waals surface area contributed by atoms with Gasteiger partial charge in [-0.25, -0.2) is 8.42 Å². The van der Waals surface area contributed by atoms with Gasteiger partial charge in [0.15, 0.2) is 9.84 Å². The van der Waals surface area contributed by atoms with Crippen LogP contribution in [0, 0.1) is 0 Å². The molecule has 1 aromatic rings. The average molecular weight is 308 g/mol. The molecular weight excluding hydrogens is 284 g/mol. The molecule has 1 saturated carbocycles. The molecule has 3 rings (SSSR count). The minimum absolute atomic E-state index is 0.157. The van der Waals surface area contributed by atoms with E-state index in [9.17, 15) is 8.42 Å². The first-order chi connectivity index (χ1) is 10.1. The van der Waals surface area contributed by atoms with E-state index in [0.717, 1.165) is 18.8 Å². The van der Waals surface area contributed by atoms with Crippen molar-refractivity contribution in [3.63, 3.8) is 0 Å². The van der Waals surface area contributed by atoms with Crippen LogP contribution < -0.4 is 10.2 Å². The molecular formula is C16H24N2O2S. The minimum atomic E-state index is -3.18. The van der Waals surface area contributed by atoms with Crippen molar-refractivity contribution in [2.45, 2.75) is 49.6 Å². The first-order valence-electron chi connectivity index (χ1n) is 7.93. The van der Waals surface area contributed by atoms with E-state index in [0.29, 0.717) is 17.0 Å². The number of para-hydroxylation sites is 1. The summed E-state index contributed by atoms with van der Waals surface area (Å²) in [4.78, 5) is 2.82. The van der Waals surface area contributed by atoms with Gasteiger partial charge in [0.25, 0.3) is 0 Å². The van der Waals surface area contributed by atoms with Crippen LogP contribution in [0.3, 0.4) is 0 Å². The van der Waals surface area contributed by atoms with Gasteiger partial charge in [0, 0.05) is 18.6 Å². The lowest BCUT2D eigenvalue weighted by atomic mass is 10.2. The summed E-state index contributed by atoms with van der Waals surface area (Å²) in [5.41, 5.74) is 0.899. The van der Waals surface area contributed by atoms with Crippen LogP contribution in [0.4, 0.5) is 5.69 Å². The molecule has 1 aliphatic heterocycles. The third kappa shape index (κ3) is 3.24.